The van der Waals surface area contributed by atoms with Gasteiger partial charge in [-0.2, -0.15) is 0 Å². The van der Waals surface area contributed by atoms with Gasteiger partial charge >= 0.3 is 0 Å². The second-order valence-corrected chi connectivity index (χ2v) is 6.79. The molecule has 1 aromatic carbocycles. The van der Waals surface area contributed by atoms with E-state index in [1.807, 2.05) is 24.3 Å². The van der Waals surface area contributed by atoms with E-state index in [1.54, 1.807) is 0 Å². The Morgan fingerprint density at radius 3 is 2.65 bits per heavy atom. The van der Waals surface area contributed by atoms with Gasteiger partial charge in [-0.05, 0) is 50.1 Å². The van der Waals surface area contributed by atoms with Gasteiger partial charge in [0.2, 0.25) is 5.91 Å². The van der Waals surface area contributed by atoms with Gasteiger partial charge in [0, 0.05) is 36.6 Å². The molecule has 1 fully saturated rings. The van der Waals surface area contributed by atoms with Crippen LogP contribution < -0.4 is 15.8 Å². The van der Waals surface area contributed by atoms with E-state index in [4.69, 9.17) is 10.5 Å². The summed E-state index contributed by atoms with van der Waals surface area (Å²) in [6, 6.07) is 8.20. The summed E-state index contributed by atoms with van der Waals surface area (Å²) in [6.45, 7) is 4.19. The quantitative estimate of drug-likeness (QED) is 0.721. The minimum atomic E-state index is 0.132. The number of ether oxygens (including phenoxy) is 1. The smallest absolute Gasteiger partial charge is 0.220 e. The number of nitrogens with one attached hydrogen (secondary N) is 1. The summed E-state index contributed by atoms with van der Waals surface area (Å²) in [7, 11) is 0. The first-order valence-corrected chi connectivity index (χ1v) is 9.07. The molecular weight excluding hydrogens is 358 g/mol. The Labute approximate surface area is 146 Å². The van der Waals surface area contributed by atoms with Crippen molar-refractivity contribution < 1.29 is 9.53 Å². The van der Waals surface area contributed by atoms with Crippen molar-refractivity contribution in [2.45, 2.75) is 31.7 Å². The molecule has 2 rings (SSSR count). The van der Waals surface area contributed by atoms with Crippen molar-refractivity contribution in [1.82, 2.24) is 10.2 Å². The Kier molecular flexibility index (Phi) is 7.85. The Hall–Kier alpha value is -1.11. The fraction of sp³-hybridized carbons (Fsp3) is 0.588. The highest BCUT2D eigenvalue weighted by Crippen LogP contribution is 2.16. The van der Waals surface area contributed by atoms with Gasteiger partial charge in [0.25, 0.3) is 0 Å². The van der Waals surface area contributed by atoms with E-state index in [-0.39, 0.29) is 5.91 Å². The molecule has 1 saturated heterocycles. The van der Waals surface area contributed by atoms with Gasteiger partial charge in [0.05, 0.1) is 0 Å². The molecule has 0 radical (unpaired) electrons. The Morgan fingerprint density at radius 1 is 1.30 bits per heavy atom. The van der Waals surface area contributed by atoms with E-state index in [1.165, 1.54) is 0 Å². The van der Waals surface area contributed by atoms with Gasteiger partial charge in [-0.3, -0.25) is 9.69 Å². The van der Waals surface area contributed by atoms with Gasteiger partial charge in [0.15, 0.2) is 0 Å². The summed E-state index contributed by atoms with van der Waals surface area (Å²) >= 11 is 3.41. The van der Waals surface area contributed by atoms with Crippen molar-refractivity contribution in [3.8, 4) is 5.75 Å². The Balaban J connectivity index is 1.59. The number of nitrogens with zero attached hydrogens (tertiary/aromatic N) is 1. The van der Waals surface area contributed by atoms with Crippen LogP contribution in [-0.4, -0.2) is 49.6 Å². The maximum atomic E-state index is 11.7. The van der Waals surface area contributed by atoms with Crippen LogP contribution in [0.25, 0.3) is 0 Å². The first kappa shape index (κ1) is 18.2. The molecule has 0 aliphatic carbocycles. The number of carbonyl (C=O) groups is 1. The van der Waals surface area contributed by atoms with Gasteiger partial charge in [-0.1, -0.05) is 15.9 Å². The molecule has 1 heterocycles. The predicted octanol–water partition coefficient (Wildman–Crippen LogP) is 2.15. The van der Waals surface area contributed by atoms with Crippen molar-refractivity contribution in [2.75, 3.05) is 32.8 Å². The summed E-state index contributed by atoms with van der Waals surface area (Å²) in [4.78, 5) is 14.1. The molecule has 1 aromatic rings. The van der Waals surface area contributed by atoms with Gasteiger partial charge in [0.1, 0.15) is 12.4 Å². The lowest BCUT2D eigenvalue weighted by Gasteiger charge is -2.32. The molecule has 5 nitrogen and oxygen atoms in total. The normalized spacial score (nSPS) is 16.3. The van der Waals surface area contributed by atoms with E-state index < -0.39 is 0 Å². The molecule has 6 heteroatoms. The number of likely N-dealkylation sites (tertiary alicyclic amines) is 1. The molecule has 0 atom stereocenters. The lowest BCUT2D eigenvalue weighted by atomic mass is 10.0. The maximum Gasteiger partial charge on any atom is 0.220 e. The molecule has 128 valence electrons. The van der Waals surface area contributed by atoms with E-state index in [0.29, 0.717) is 25.6 Å². The summed E-state index contributed by atoms with van der Waals surface area (Å²) < 4.78 is 6.81. The lowest BCUT2D eigenvalue weighted by molar-refractivity contribution is -0.122. The summed E-state index contributed by atoms with van der Waals surface area (Å²) in [6.07, 6.45) is 3.31. The predicted molar refractivity (Wildman–Crippen MR) is 95.5 cm³/mol. The maximum absolute atomic E-state index is 11.7. The fourth-order valence-electron chi connectivity index (χ4n) is 2.69. The average Bonchev–Trinajstić information content (AvgIpc) is 2.56. The van der Waals surface area contributed by atoms with Crippen LogP contribution in [0.5, 0.6) is 5.75 Å². The highest BCUT2D eigenvalue weighted by molar-refractivity contribution is 9.10. The van der Waals surface area contributed by atoms with Crippen LogP contribution in [0.3, 0.4) is 0 Å². The number of nitrogens with two attached hydrogens (primary N) is 1. The van der Waals surface area contributed by atoms with Crippen molar-refractivity contribution in [1.29, 1.82) is 0 Å². The Bertz CT molecular complexity index is 473. The van der Waals surface area contributed by atoms with E-state index in [0.717, 1.165) is 49.1 Å². The topological polar surface area (TPSA) is 67.6 Å². The first-order chi connectivity index (χ1) is 11.2. The SMILES string of the molecule is NCCCC(=O)NC1CCN(CCOc2ccc(Br)cc2)CC1. The second-order valence-electron chi connectivity index (χ2n) is 5.88. The number of rotatable bonds is 8. The zero-order chi connectivity index (χ0) is 16.5. The van der Waals surface area contributed by atoms with Crippen molar-refractivity contribution in [2.24, 2.45) is 5.73 Å². The highest BCUT2D eigenvalue weighted by atomic mass is 79.9. The highest BCUT2D eigenvalue weighted by Gasteiger charge is 2.20. The first-order valence-electron chi connectivity index (χ1n) is 8.27. The van der Waals surface area contributed by atoms with Crippen LogP contribution in [-0.2, 0) is 4.79 Å². The molecular formula is C17H26BrN3O2. The van der Waals surface area contributed by atoms with Crippen LogP contribution >= 0.6 is 15.9 Å². The van der Waals surface area contributed by atoms with Crippen molar-refractivity contribution in [3.05, 3.63) is 28.7 Å². The van der Waals surface area contributed by atoms with E-state index in [2.05, 4.69) is 26.1 Å². The Morgan fingerprint density at radius 2 is 2.00 bits per heavy atom. The summed E-state index contributed by atoms with van der Waals surface area (Å²) in [5, 5.41) is 3.10. The molecule has 3 N–H and O–H groups in total. The number of piperidine rings is 1. The van der Waals surface area contributed by atoms with Crippen molar-refractivity contribution >= 4 is 21.8 Å². The molecule has 0 saturated carbocycles. The molecule has 1 aliphatic rings. The standard InChI is InChI=1S/C17H26BrN3O2/c18-14-3-5-16(6-4-14)23-13-12-21-10-7-15(8-11-21)20-17(22)2-1-9-19/h3-6,15H,1-2,7-13,19H2,(H,20,22). The van der Waals surface area contributed by atoms with Gasteiger partial charge < -0.3 is 15.8 Å². The van der Waals surface area contributed by atoms with E-state index >= 15 is 0 Å². The third-order valence-electron chi connectivity index (χ3n) is 4.05. The summed E-state index contributed by atoms with van der Waals surface area (Å²) in [5.74, 6) is 1.03. The van der Waals surface area contributed by atoms with Gasteiger partial charge in [-0.25, -0.2) is 0 Å². The van der Waals surface area contributed by atoms with Crippen molar-refractivity contribution in [3.63, 3.8) is 0 Å². The third-order valence-corrected chi connectivity index (χ3v) is 4.58. The zero-order valence-corrected chi connectivity index (χ0v) is 15.1. The van der Waals surface area contributed by atoms with Crippen LogP contribution in [0.15, 0.2) is 28.7 Å². The van der Waals surface area contributed by atoms with Gasteiger partial charge in [-0.15, -0.1) is 0 Å². The van der Waals surface area contributed by atoms with Crippen LogP contribution in [0, 0.1) is 0 Å². The van der Waals surface area contributed by atoms with Crippen LogP contribution in [0.2, 0.25) is 0 Å². The second kappa shape index (κ2) is 9.90. The number of benzene rings is 1. The number of halogens is 1. The average molecular weight is 384 g/mol. The minimum absolute atomic E-state index is 0.132. The number of carbonyl (C=O) groups excluding carboxylic acids is 1. The monoisotopic (exact) mass is 383 g/mol. The molecule has 1 aliphatic heterocycles. The molecule has 0 aromatic heterocycles. The molecule has 0 unspecified atom stereocenters. The van der Waals surface area contributed by atoms with Crippen LogP contribution in [0.4, 0.5) is 0 Å². The molecule has 0 bridgehead atoms. The minimum Gasteiger partial charge on any atom is -0.492 e. The number of amides is 1. The van der Waals surface area contributed by atoms with Crippen LogP contribution in [0.1, 0.15) is 25.7 Å². The molecule has 1 amide bonds. The van der Waals surface area contributed by atoms with E-state index in [9.17, 15) is 4.79 Å². The fourth-order valence-corrected chi connectivity index (χ4v) is 2.95. The zero-order valence-electron chi connectivity index (χ0n) is 13.5. The number of hydrogen-bond acceptors (Lipinski definition) is 4. The lowest BCUT2D eigenvalue weighted by Crippen LogP contribution is -2.45. The third kappa shape index (κ3) is 6.89. The largest absolute Gasteiger partial charge is 0.492 e. The molecule has 23 heavy (non-hydrogen) atoms. The molecule has 0 spiro atoms. The number of hydrogen-bond donors (Lipinski definition) is 2. The summed E-state index contributed by atoms with van der Waals surface area (Å²) in [5.41, 5.74) is 5.42.